The van der Waals surface area contributed by atoms with Crippen molar-refractivity contribution >= 4 is 11.7 Å². The van der Waals surface area contributed by atoms with Gasteiger partial charge in [-0.2, -0.15) is 0 Å². The van der Waals surface area contributed by atoms with Crippen LogP contribution in [0.15, 0.2) is 72.9 Å². The second-order valence-electron chi connectivity index (χ2n) is 7.95. The number of hydrogen-bond acceptors (Lipinski definition) is 3. The number of nitrogens with zero attached hydrogens (tertiary/aromatic N) is 3. The number of pyridine rings is 1. The van der Waals surface area contributed by atoms with Crippen molar-refractivity contribution in [1.82, 2.24) is 9.88 Å². The first-order valence-corrected chi connectivity index (χ1v) is 10.2. The predicted octanol–water partition coefficient (Wildman–Crippen LogP) is 4.80. The van der Waals surface area contributed by atoms with E-state index in [0.29, 0.717) is 0 Å². The summed E-state index contributed by atoms with van der Waals surface area (Å²) in [5.74, 6) is 1.07. The van der Waals surface area contributed by atoms with Gasteiger partial charge in [0, 0.05) is 36.9 Å². The van der Waals surface area contributed by atoms with Crippen molar-refractivity contribution < 1.29 is 4.79 Å². The monoisotopic (exact) mass is 385 g/mol. The smallest absolute Gasteiger partial charge is 0.254 e. The van der Waals surface area contributed by atoms with Crippen LogP contribution in [0.4, 0.5) is 5.82 Å². The van der Waals surface area contributed by atoms with Crippen LogP contribution >= 0.6 is 0 Å². The average Bonchev–Trinajstić information content (AvgIpc) is 2.74. The van der Waals surface area contributed by atoms with Gasteiger partial charge in [0.1, 0.15) is 5.82 Å². The van der Waals surface area contributed by atoms with E-state index in [1.54, 1.807) is 0 Å². The molecule has 0 aliphatic carbocycles. The minimum absolute atomic E-state index is 0.0983. The number of aromatic nitrogens is 1. The third-order valence-electron chi connectivity index (χ3n) is 5.64. The second kappa shape index (κ2) is 8.08. The number of aryl methyl sites for hydroxylation is 1. The van der Waals surface area contributed by atoms with Crippen molar-refractivity contribution in [1.29, 1.82) is 0 Å². The van der Waals surface area contributed by atoms with Crippen molar-refractivity contribution in [2.24, 2.45) is 0 Å². The third-order valence-corrected chi connectivity index (χ3v) is 5.64. The largest absolute Gasteiger partial charge is 0.353 e. The second-order valence-corrected chi connectivity index (χ2v) is 7.95. The maximum atomic E-state index is 13.2. The summed E-state index contributed by atoms with van der Waals surface area (Å²) < 4.78 is 0. The van der Waals surface area contributed by atoms with Gasteiger partial charge in [-0.3, -0.25) is 4.79 Å². The van der Waals surface area contributed by atoms with E-state index in [4.69, 9.17) is 0 Å². The Balaban J connectivity index is 1.50. The summed E-state index contributed by atoms with van der Waals surface area (Å²) >= 11 is 0. The van der Waals surface area contributed by atoms with Crippen molar-refractivity contribution in [2.45, 2.75) is 32.9 Å². The molecule has 2 aromatic carbocycles. The molecule has 4 heteroatoms. The number of carbonyl (C=O) groups excluding carboxylic acids is 1. The van der Waals surface area contributed by atoms with Crippen molar-refractivity contribution in [2.75, 3.05) is 18.0 Å². The fraction of sp³-hybridized carbons (Fsp3) is 0.280. The molecule has 0 bridgehead atoms. The highest BCUT2D eigenvalue weighted by molar-refractivity contribution is 5.95. The Morgan fingerprint density at radius 2 is 1.45 bits per heavy atom. The van der Waals surface area contributed by atoms with Gasteiger partial charge in [-0.15, -0.1) is 0 Å². The summed E-state index contributed by atoms with van der Waals surface area (Å²) in [7, 11) is 0. The molecule has 1 fully saturated rings. The molecule has 2 atom stereocenters. The molecule has 148 valence electrons. The summed E-state index contributed by atoms with van der Waals surface area (Å²) in [6, 6.07) is 22.6. The SMILES string of the molecule is Cc1ccc(-c2ccc(C(=O)N3C(C)CN(c4ccccn4)CC3C)cc2)cc1. The molecule has 29 heavy (non-hydrogen) atoms. The van der Waals surface area contributed by atoms with Crippen LogP contribution in [0.1, 0.15) is 29.8 Å². The Morgan fingerprint density at radius 3 is 2.00 bits per heavy atom. The van der Waals surface area contributed by atoms with Crippen LogP contribution in [0.25, 0.3) is 11.1 Å². The highest BCUT2D eigenvalue weighted by Crippen LogP contribution is 2.25. The van der Waals surface area contributed by atoms with Gasteiger partial charge in [0.15, 0.2) is 0 Å². The van der Waals surface area contributed by atoms with Gasteiger partial charge in [0.2, 0.25) is 0 Å². The van der Waals surface area contributed by atoms with E-state index in [1.165, 1.54) is 11.1 Å². The Labute approximate surface area is 172 Å². The Bertz CT molecular complexity index is 955. The summed E-state index contributed by atoms with van der Waals surface area (Å²) in [6.45, 7) is 7.89. The summed E-state index contributed by atoms with van der Waals surface area (Å²) in [6.07, 6.45) is 1.82. The fourth-order valence-electron chi connectivity index (χ4n) is 4.15. The lowest BCUT2D eigenvalue weighted by molar-refractivity contribution is 0.0574. The highest BCUT2D eigenvalue weighted by Gasteiger charge is 2.33. The maximum Gasteiger partial charge on any atom is 0.254 e. The Kier molecular flexibility index (Phi) is 5.34. The Morgan fingerprint density at radius 1 is 0.862 bits per heavy atom. The van der Waals surface area contributed by atoms with Gasteiger partial charge in [-0.1, -0.05) is 48.0 Å². The molecule has 1 saturated heterocycles. The van der Waals surface area contributed by atoms with Gasteiger partial charge >= 0.3 is 0 Å². The first-order chi connectivity index (χ1) is 14.0. The summed E-state index contributed by atoms with van der Waals surface area (Å²) in [5.41, 5.74) is 4.28. The van der Waals surface area contributed by atoms with Crippen molar-refractivity contribution in [3.8, 4) is 11.1 Å². The molecule has 3 aromatic rings. The molecule has 1 amide bonds. The number of amides is 1. The highest BCUT2D eigenvalue weighted by atomic mass is 16.2. The lowest BCUT2D eigenvalue weighted by Gasteiger charge is -2.45. The summed E-state index contributed by atoms with van der Waals surface area (Å²) in [5, 5.41) is 0. The first kappa shape index (κ1) is 19.2. The molecule has 2 heterocycles. The van der Waals surface area contributed by atoms with Crippen LogP contribution in [-0.2, 0) is 0 Å². The molecular formula is C25H27N3O. The average molecular weight is 386 g/mol. The lowest BCUT2D eigenvalue weighted by Crippen LogP contribution is -2.58. The number of anilines is 1. The lowest BCUT2D eigenvalue weighted by atomic mass is 10.0. The third kappa shape index (κ3) is 4.02. The van der Waals surface area contributed by atoms with E-state index >= 15 is 0 Å². The maximum absolute atomic E-state index is 13.2. The minimum atomic E-state index is 0.0983. The van der Waals surface area contributed by atoms with E-state index in [9.17, 15) is 4.79 Å². The van der Waals surface area contributed by atoms with Gasteiger partial charge in [0.25, 0.3) is 5.91 Å². The zero-order valence-electron chi connectivity index (χ0n) is 17.2. The fourth-order valence-corrected chi connectivity index (χ4v) is 4.15. The molecule has 1 aromatic heterocycles. The Hall–Kier alpha value is -3.14. The van der Waals surface area contributed by atoms with Crippen molar-refractivity contribution in [3.05, 3.63) is 84.1 Å². The van der Waals surface area contributed by atoms with E-state index in [1.807, 2.05) is 53.6 Å². The number of rotatable bonds is 3. The molecule has 4 rings (SSSR count). The first-order valence-electron chi connectivity index (χ1n) is 10.2. The minimum Gasteiger partial charge on any atom is -0.353 e. The molecule has 1 aliphatic rings. The van der Waals surface area contributed by atoms with Crippen LogP contribution < -0.4 is 4.90 Å². The number of piperazine rings is 1. The zero-order valence-corrected chi connectivity index (χ0v) is 17.2. The normalized spacial score (nSPS) is 19.3. The van der Waals surface area contributed by atoms with Crippen LogP contribution in [0, 0.1) is 6.92 Å². The number of hydrogen-bond donors (Lipinski definition) is 0. The van der Waals surface area contributed by atoms with Crippen LogP contribution in [0.5, 0.6) is 0 Å². The van der Waals surface area contributed by atoms with Crippen LogP contribution in [0.3, 0.4) is 0 Å². The van der Waals surface area contributed by atoms with Gasteiger partial charge in [0.05, 0.1) is 0 Å². The van der Waals surface area contributed by atoms with Gasteiger partial charge in [-0.25, -0.2) is 4.98 Å². The molecule has 1 aliphatic heterocycles. The van der Waals surface area contributed by atoms with Crippen LogP contribution in [-0.4, -0.2) is 41.0 Å². The quantitative estimate of drug-likeness (QED) is 0.650. The van der Waals surface area contributed by atoms with E-state index in [2.05, 4.69) is 54.9 Å². The zero-order chi connectivity index (χ0) is 20.4. The number of carbonyl (C=O) groups is 1. The standard InChI is InChI=1S/C25H27N3O/c1-18-7-9-21(10-8-18)22-11-13-23(14-12-22)25(29)28-19(2)16-27(17-20(28)3)24-6-4-5-15-26-24/h4-15,19-20H,16-17H2,1-3H3. The van der Waals surface area contributed by atoms with E-state index in [-0.39, 0.29) is 18.0 Å². The van der Waals surface area contributed by atoms with E-state index < -0.39 is 0 Å². The molecule has 0 radical (unpaired) electrons. The van der Waals surface area contributed by atoms with Gasteiger partial charge in [-0.05, 0) is 56.2 Å². The molecule has 0 N–H and O–H groups in total. The molecule has 2 unspecified atom stereocenters. The molecular weight excluding hydrogens is 358 g/mol. The van der Waals surface area contributed by atoms with Crippen LogP contribution in [0.2, 0.25) is 0 Å². The molecule has 0 saturated carbocycles. The van der Waals surface area contributed by atoms with Gasteiger partial charge < -0.3 is 9.80 Å². The summed E-state index contributed by atoms with van der Waals surface area (Å²) in [4.78, 5) is 22.0. The van der Waals surface area contributed by atoms with E-state index in [0.717, 1.165) is 30.0 Å². The topological polar surface area (TPSA) is 36.4 Å². The van der Waals surface area contributed by atoms with Crippen molar-refractivity contribution in [3.63, 3.8) is 0 Å². The number of benzene rings is 2. The predicted molar refractivity (Wildman–Crippen MR) is 118 cm³/mol. The molecule has 0 spiro atoms. The molecule has 4 nitrogen and oxygen atoms in total.